The predicted octanol–water partition coefficient (Wildman–Crippen LogP) is 5.24. The van der Waals surface area contributed by atoms with Gasteiger partial charge in [-0.25, -0.2) is 9.18 Å². The number of aromatic nitrogens is 1. The molecule has 0 amide bonds. The van der Waals surface area contributed by atoms with Gasteiger partial charge in [0.25, 0.3) is 0 Å². The van der Waals surface area contributed by atoms with Crippen molar-refractivity contribution in [3.8, 4) is 0 Å². The fourth-order valence-electron chi connectivity index (χ4n) is 3.76. The Kier molecular flexibility index (Phi) is 5.14. The van der Waals surface area contributed by atoms with E-state index in [2.05, 4.69) is 4.98 Å². The van der Waals surface area contributed by atoms with Crippen molar-refractivity contribution in [2.24, 2.45) is 5.92 Å². The molecular weight excluding hydrogens is 381 g/mol. The summed E-state index contributed by atoms with van der Waals surface area (Å²) in [6, 6.07) is 12.2. The van der Waals surface area contributed by atoms with Crippen LogP contribution in [0.4, 0.5) is 4.39 Å². The molecule has 1 aliphatic rings. The molecule has 1 aliphatic carbocycles. The number of nitrogens with zero attached hydrogens (tertiary/aromatic N) is 1. The summed E-state index contributed by atoms with van der Waals surface area (Å²) >= 11 is 0. The lowest BCUT2D eigenvalue weighted by Gasteiger charge is -2.19. The van der Waals surface area contributed by atoms with Gasteiger partial charge in [-0.1, -0.05) is 24.3 Å². The lowest BCUT2D eigenvalue weighted by atomic mass is 10.00. The van der Waals surface area contributed by atoms with Gasteiger partial charge >= 0.3 is 5.97 Å². The number of benzene rings is 2. The van der Waals surface area contributed by atoms with Crippen LogP contribution in [0.5, 0.6) is 0 Å². The van der Waals surface area contributed by atoms with E-state index in [9.17, 15) is 14.0 Å². The number of hydrogen-bond donors (Lipinski definition) is 0. The Bertz CT molecular complexity index is 1130. The number of ether oxygens (including phenoxy) is 1. The average molecular weight is 405 g/mol. The van der Waals surface area contributed by atoms with Crippen LogP contribution in [0.1, 0.15) is 54.6 Å². The Morgan fingerprint density at radius 1 is 1.10 bits per heavy atom. The molecule has 0 radical (unpaired) electrons. The topological polar surface area (TPSA) is 56.3 Å². The van der Waals surface area contributed by atoms with Crippen LogP contribution >= 0.6 is 0 Å². The van der Waals surface area contributed by atoms with Crippen LogP contribution in [0.15, 0.2) is 54.9 Å². The highest BCUT2D eigenvalue weighted by Gasteiger charge is 2.44. The van der Waals surface area contributed by atoms with Crippen molar-refractivity contribution in [1.29, 1.82) is 0 Å². The fourth-order valence-corrected chi connectivity index (χ4v) is 3.76. The van der Waals surface area contributed by atoms with Gasteiger partial charge < -0.3 is 4.74 Å². The molecule has 0 spiro atoms. The van der Waals surface area contributed by atoms with Crippen molar-refractivity contribution >= 4 is 22.5 Å². The number of fused-ring (bicyclic) bond motifs is 1. The van der Waals surface area contributed by atoms with Crippen LogP contribution in [-0.2, 0) is 16.0 Å². The van der Waals surface area contributed by atoms with Gasteiger partial charge in [0.2, 0.25) is 0 Å². The van der Waals surface area contributed by atoms with Gasteiger partial charge in [0, 0.05) is 30.1 Å². The zero-order chi connectivity index (χ0) is 21.5. The fraction of sp³-hybridized carbons (Fsp3) is 0.320. The maximum Gasteiger partial charge on any atom is 0.338 e. The third-order valence-electron chi connectivity index (χ3n) is 5.32. The average Bonchev–Trinajstić information content (AvgIpc) is 3.47. The van der Waals surface area contributed by atoms with Crippen molar-refractivity contribution < 1.29 is 18.7 Å². The van der Waals surface area contributed by atoms with Crippen molar-refractivity contribution in [1.82, 2.24) is 4.98 Å². The monoisotopic (exact) mass is 405 g/mol. The molecule has 0 aliphatic heterocycles. The normalized spacial score (nSPS) is 18.3. The second-order valence-corrected chi connectivity index (χ2v) is 8.89. The first-order valence-electron chi connectivity index (χ1n) is 10.1. The number of halogens is 1. The van der Waals surface area contributed by atoms with Crippen molar-refractivity contribution in [3.05, 3.63) is 77.4 Å². The van der Waals surface area contributed by atoms with Crippen LogP contribution in [0.25, 0.3) is 10.8 Å². The zero-order valence-corrected chi connectivity index (χ0v) is 17.3. The summed E-state index contributed by atoms with van der Waals surface area (Å²) in [5.41, 5.74) is 0.982. The van der Waals surface area contributed by atoms with Crippen molar-refractivity contribution in [2.75, 3.05) is 0 Å². The van der Waals surface area contributed by atoms with Crippen molar-refractivity contribution in [2.45, 2.75) is 45.1 Å². The second-order valence-electron chi connectivity index (χ2n) is 8.89. The van der Waals surface area contributed by atoms with Gasteiger partial charge in [0.1, 0.15) is 17.2 Å². The molecule has 1 heterocycles. The van der Waals surface area contributed by atoms with Gasteiger partial charge in [-0.3, -0.25) is 9.78 Å². The predicted molar refractivity (Wildman–Crippen MR) is 113 cm³/mol. The highest BCUT2D eigenvalue weighted by Crippen LogP contribution is 2.49. The molecular formula is C25H24FNO3. The Morgan fingerprint density at radius 3 is 2.63 bits per heavy atom. The van der Waals surface area contributed by atoms with E-state index < -0.39 is 17.4 Å². The minimum atomic E-state index is -0.639. The van der Waals surface area contributed by atoms with Gasteiger partial charge in [0.05, 0.1) is 5.56 Å². The number of rotatable bonds is 5. The minimum absolute atomic E-state index is 0.115. The molecule has 2 atom stereocenters. The molecule has 154 valence electrons. The first-order valence-corrected chi connectivity index (χ1v) is 10.1. The number of esters is 1. The zero-order valence-electron chi connectivity index (χ0n) is 17.3. The van der Waals surface area contributed by atoms with E-state index >= 15 is 0 Å². The quantitative estimate of drug-likeness (QED) is 0.545. The van der Waals surface area contributed by atoms with E-state index in [4.69, 9.17) is 4.74 Å². The number of pyridine rings is 1. The van der Waals surface area contributed by atoms with E-state index in [0.29, 0.717) is 18.4 Å². The smallest absolute Gasteiger partial charge is 0.338 e. The molecule has 0 saturated heterocycles. The van der Waals surface area contributed by atoms with Crippen LogP contribution in [-0.4, -0.2) is 22.3 Å². The van der Waals surface area contributed by atoms with Crippen LogP contribution in [0, 0.1) is 11.7 Å². The number of carbonyl (C=O) groups is 2. The van der Waals surface area contributed by atoms with E-state index in [1.54, 1.807) is 45.3 Å². The molecule has 30 heavy (non-hydrogen) atoms. The summed E-state index contributed by atoms with van der Waals surface area (Å²) in [5, 5.41) is 2.08. The summed E-state index contributed by atoms with van der Waals surface area (Å²) < 4.78 is 19.9. The van der Waals surface area contributed by atoms with Gasteiger partial charge in [-0.2, -0.15) is 0 Å². The van der Waals surface area contributed by atoms with E-state index in [-0.39, 0.29) is 23.2 Å². The molecule has 3 aromatic rings. The summed E-state index contributed by atoms with van der Waals surface area (Å²) in [6.45, 7) is 5.30. The minimum Gasteiger partial charge on any atom is -0.456 e. The van der Waals surface area contributed by atoms with Crippen molar-refractivity contribution in [3.63, 3.8) is 0 Å². The number of ketones is 1. The molecule has 5 heteroatoms. The summed E-state index contributed by atoms with van der Waals surface area (Å²) in [5.74, 6) is -1.21. The Hall–Kier alpha value is -3.08. The molecule has 1 aromatic heterocycles. The van der Waals surface area contributed by atoms with Gasteiger partial charge in [-0.05, 0) is 67.8 Å². The second kappa shape index (κ2) is 7.63. The summed E-state index contributed by atoms with van der Waals surface area (Å²) in [4.78, 5) is 29.0. The van der Waals surface area contributed by atoms with E-state index in [1.165, 1.54) is 6.07 Å². The van der Waals surface area contributed by atoms with Gasteiger partial charge in [0.15, 0.2) is 0 Å². The highest BCUT2D eigenvalue weighted by molar-refractivity contribution is 5.90. The third kappa shape index (κ3) is 4.40. The van der Waals surface area contributed by atoms with E-state index in [0.717, 1.165) is 16.3 Å². The Labute approximate surface area is 175 Å². The molecule has 0 unspecified atom stereocenters. The maximum atomic E-state index is 14.6. The molecule has 4 rings (SSSR count). The van der Waals surface area contributed by atoms with Crippen LogP contribution < -0.4 is 0 Å². The molecule has 0 N–H and O–H groups in total. The molecule has 1 saturated carbocycles. The lowest BCUT2D eigenvalue weighted by Crippen LogP contribution is -2.24. The molecule has 1 fully saturated rings. The van der Waals surface area contributed by atoms with Crippen LogP contribution in [0.3, 0.4) is 0 Å². The number of Topliss-reactive ketones (excluding diaryl/α,β-unsaturated/α-hetero) is 1. The molecule has 4 nitrogen and oxygen atoms in total. The summed E-state index contributed by atoms with van der Waals surface area (Å²) in [7, 11) is 0. The standard InChI is InChI=1S/C25H24FNO3/c1-25(2,3)30-24(29)17-6-7-19(22(26)12-17)20-13-21(20)23(28)11-15-4-5-18-14-27-9-8-16(18)10-15/h4-10,12,14,20-21H,11,13H2,1-3H3/t20-,21+/m0/s1. The molecule has 0 bridgehead atoms. The first-order chi connectivity index (χ1) is 14.2. The third-order valence-corrected chi connectivity index (χ3v) is 5.32. The number of hydrogen-bond acceptors (Lipinski definition) is 4. The molecule has 2 aromatic carbocycles. The number of carbonyl (C=O) groups excluding carboxylic acids is 2. The SMILES string of the molecule is CC(C)(C)OC(=O)c1ccc([C@@H]2C[C@H]2C(=O)Cc2ccc3cnccc3c2)c(F)c1. The lowest BCUT2D eigenvalue weighted by molar-refractivity contribution is -0.119. The van der Waals surface area contributed by atoms with Crippen LogP contribution in [0.2, 0.25) is 0 Å². The van der Waals surface area contributed by atoms with E-state index in [1.807, 2.05) is 24.3 Å². The Morgan fingerprint density at radius 2 is 1.90 bits per heavy atom. The van der Waals surface area contributed by atoms with Gasteiger partial charge in [-0.15, -0.1) is 0 Å². The maximum absolute atomic E-state index is 14.6. The highest BCUT2D eigenvalue weighted by atomic mass is 19.1. The summed E-state index contributed by atoms with van der Waals surface area (Å²) in [6.07, 6.45) is 4.49. The largest absolute Gasteiger partial charge is 0.456 e. The Balaban J connectivity index is 1.43. The first kappa shape index (κ1) is 20.2.